The zero-order chi connectivity index (χ0) is 16.2. The van der Waals surface area contributed by atoms with Gasteiger partial charge in [0.2, 0.25) is 0 Å². The molecule has 2 aromatic heterocycles. The number of carbonyl (C=O) groups is 1. The molecule has 1 aromatic carbocycles. The minimum atomic E-state index is -0.528. The van der Waals surface area contributed by atoms with Gasteiger partial charge in [-0.3, -0.25) is 4.79 Å². The van der Waals surface area contributed by atoms with Crippen LogP contribution in [0.1, 0.15) is 16.1 Å². The molecule has 0 fully saturated rings. The molecule has 0 radical (unpaired) electrons. The van der Waals surface area contributed by atoms with Gasteiger partial charge in [0, 0.05) is 12.7 Å². The molecule has 3 rings (SSSR count). The summed E-state index contributed by atoms with van der Waals surface area (Å²) in [7, 11) is 0. The number of nitrogens with one attached hydrogen (secondary N) is 1. The van der Waals surface area contributed by atoms with Gasteiger partial charge in [-0.15, -0.1) is 0 Å². The summed E-state index contributed by atoms with van der Waals surface area (Å²) in [6.07, 6.45) is 2.90. The lowest BCUT2D eigenvalue weighted by atomic mass is 10.1. The number of carbonyl (C=O) groups excluding carboxylic acids is 1. The number of benzene rings is 1. The van der Waals surface area contributed by atoms with Gasteiger partial charge in [-0.05, 0) is 35.9 Å². The first-order valence-electron chi connectivity index (χ1n) is 6.89. The van der Waals surface area contributed by atoms with Crippen molar-refractivity contribution in [3.63, 3.8) is 0 Å². The van der Waals surface area contributed by atoms with E-state index >= 15 is 0 Å². The summed E-state index contributed by atoms with van der Waals surface area (Å²) in [6.45, 7) is 0.200. The molecule has 0 aliphatic heterocycles. The fourth-order valence-corrected chi connectivity index (χ4v) is 2.12. The van der Waals surface area contributed by atoms with E-state index in [0.717, 1.165) is 5.56 Å². The second kappa shape index (κ2) is 6.31. The number of nitrogens with zero attached hydrogens (tertiary/aromatic N) is 1. The Morgan fingerprint density at radius 2 is 2.00 bits per heavy atom. The first-order valence-corrected chi connectivity index (χ1v) is 6.89. The Morgan fingerprint density at radius 1 is 1.22 bits per heavy atom. The van der Waals surface area contributed by atoms with Crippen molar-refractivity contribution < 1.29 is 18.7 Å². The van der Waals surface area contributed by atoms with E-state index in [9.17, 15) is 14.3 Å². The highest BCUT2D eigenvalue weighted by atomic mass is 19.1. The molecule has 0 aliphatic carbocycles. The van der Waals surface area contributed by atoms with E-state index in [4.69, 9.17) is 4.42 Å². The number of furan rings is 1. The van der Waals surface area contributed by atoms with Crippen molar-refractivity contribution in [1.29, 1.82) is 0 Å². The zero-order valence-electron chi connectivity index (χ0n) is 12.0. The summed E-state index contributed by atoms with van der Waals surface area (Å²) >= 11 is 0. The average molecular weight is 312 g/mol. The predicted molar refractivity (Wildman–Crippen MR) is 81.2 cm³/mol. The maximum atomic E-state index is 12.8. The van der Waals surface area contributed by atoms with Crippen molar-refractivity contribution in [3.8, 4) is 17.1 Å². The molecule has 0 aliphatic rings. The monoisotopic (exact) mass is 312 g/mol. The lowest BCUT2D eigenvalue weighted by Crippen LogP contribution is -2.24. The Morgan fingerprint density at radius 3 is 2.70 bits per heavy atom. The molecule has 23 heavy (non-hydrogen) atoms. The summed E-state index contributed by atoms with van der Waals surface area (Å²) in [5.41, 5.74) is 1.03. The van der Waals surface area contributed by atoms with Crippen LogP contribution in [0.5, 0.6) is 5.75 Å². The van der Waals surface area contributed by atoms with Crippen LogP contribution < -0.4 is 5.32 Å². The Kier molecular flexibility index (Phi) is 4.05. The number of rotatable bonds is 4. The standard InChI is InChI=1S/C17H13FN2O3/c18-12-5-3-11(4-6-12)10-20-17(22)15-16(21)13(7-8-19-15)14-2-1-9-23-14/h1-9,21H,10H2,(H,20,22). The third-order valence-electron chi connectivity index (χ3n) is 3.29. The molecular formula is C17H13FN2O3. The van der Waals surface area contributed by atoms with Crippen LogP contribution in [0.4, 0.5) is 4.39 Å². The summed E-state index contributed by atoms with van der Waals surface area (Å²) in [4.78, 5) is 16.1. The number of aromatic nitrogens is 1. The van der Waals surface area contributed by atoms with E-state index in [1.807, 2.05) is 0 Å². The Labute approximate surface area is 131 Å². The van der Waals surface area contributed by atoms with Crippen LogP contribution in [0.25, 0.3) is 11.3 Å². The Balaban J connectivity index is 1.77. The normalized spacial score (nSPS) is 10.5. The van der Waals surface area contributed by atoms with E-state index in [-0.39, 0.29) is 23.8 Å². The van der Waals surface area contributed by atoms with Crippen LogP contribution in [-0.4, -0.2) is 16.0 Å². The molecule has 0 atom stereocenters. The molecule has 116 valence electrons. The van der Waals surface area contributed by atoms with Crippen molar-refractivity contribution >= 4 is 5.91 Å². The minimum Gasteiger partial charge on any atom is -0.505 e. The lowest BCUT2D eigenvalue weighted by Gasteiger charge is -2.08. The molecule has 0 saturated heterocycles. The van der Waals surface area contributed by atoms with Gasteiger partial charge in [0.15, 0.2) is 11.4 Å². The van der Waals surface area contributed by atoms with Gasteiger partial charge >= 0.3 is 0 Å². The van der Waals surface area contributed by atoms with Gasteiger partial charge in [0.25, 0.3) is 5.91 Å². The molecule has 2 heterocycles. The molecular weight excluding hydrogens is 299 g/mol. The highest BCUT2D eigenvalue weighted by Crippen LogP contribution is 2.31. The SMILES string of the molecule is O=C(NCc1ccc(F)cc1)c1nccc(-c2ccco2)c1O. The highest BCUT2D eigenvalue weighted by molar-refractivity contribution is 5.96. The van der Waals surface area contributed by atoms with Gasteiger partial charge in [-0.25, -0.2) is 9.37 Å². The maximum absolute atomic E-state index is 12.8. The number of hydrogen-bond acceptors (Lipinski definition) is 4. The van der Waals surface area contributed by atoms with Crippen molar-refractivity contribution in [3.05, 3.63) is 72.0 Å². The molecule has 3 aromatic rings. The van der Waals surface area contributed by atoms with Gasteiger partial charge in [-0.2, -0.15) is 0 Å². The third-order valence-corrected chi connectivity index (χ3v) is 3.29. The average Bonchev–Trinajstić information content (AvgIpc) is 3.08. The highest BCUT2D eigenvalue weighted by Gasteiger charge is 2.18. The molecule has 0 saturated carbocycles. The lowest BCUT2D eigenvalue weighted by molar-refractivity contribution is 0.0943. The maximum Gasteiger partial charge on any atom is 0.274 e. The molecule has 0 bridgehead atoms. The third kappa shape index (κ3) is 3.21. The number of aromatic hydroxyl groups is 1. The van der Waals surface area contributed by atoms with Gasteiger partial charge in [0.1, 0.15) is 11.6 Å². The number of amides is 1. The molecule has 2 N–H and O–H groups in total. The van der Waals surface area contributed by atoms with Crippen LogP contribution in [0.2, 0.25) is 0 Å². The first-order chi connectivity index (χ1) is 11.1. The fourth-order valence-electron chi connectivity index (χ4n) is 2.12. The molecule has 0 spiro atoms. The number of halogens is 1. The Hall–Kier alpha value is -3.15. The summed E-state index contributed by atoms with van der Waals surface area (Å²) < 4.78 is 18.1. The van der Waals surface area contributed by atoms with Crippen molar-refractivity contribution in [1.82, 2.24) is 10.3 Å². The second-order valence-electron chi connectivity index (χ2n) is 4.84. The van der Waals surface area contributed by atoms with E-state index in [1.54, 1.807) is 30.3 Å². The first kappa shape index (κ1) is 14.8. The van der Waals surface area contributed by atoms with Crippen molar-refractivity contribution in [2.75, 3.05) is 0 Å². The van der Waals surface area contributed by atoms with E-state index in [0.29, 0.717) is 11.3 Å². The van der Waals surface area contributed by atoms with Gasteiger partial charge in [-0.1, -0.05) is 12.1 Å². The van der Waals surface area contributed by atoms with Gasteiger partial charge < -0.3 is 14.8 Å². The van der Waals surface area contributed by atoms with Crippen LogP contribution >= 0.6 is 0 Å². The largest absolute Gasteiger partial charge is 0.505 e. The quantitative estimate of drug-likeness (QED) is 0.776. The molecule has 1 amide bonds. The van der Waals surface area contributed by atoms with Crippen LogP contribution in [-0.2, 0) is 6.54 Å². The zero-order valence-corrected chi connectivity index (χ0v) is 12.0. The van der Waals surface area contributed by atoms with E-state index in [2.05, 4.69) is 10.3 Å². The van der Waals surface area contributed by atoms with Gasteiger partial charge in [0.05, 0.1) is 11.8 Å². The molecule has 5 nitrogen and oxygen atoms in total. The topological polar surface area (TPSA) is 75.4 Å². The number of pyridine rings is 1. The van der Waals surface area contributed by atoms with E-state index < -0.39 is 5.91 Å². The summed E-state index contributed by atoms with van der Waals surface area (Å²) in [5.74, 6) is -0.678. The summed E-state index contributed by atoms with van der Waals surface area (Å²) in [5, 5.41) is 12.9. The Bertz CT molecular complexity index is 814. The second-order valence-corrected chi connectivity index (χ2v) is 4.84. The molecule has 0 unspecified atom stereocenters. The van der Waals surface area contributed by atoms with Crippen LogP contribution in [0, 0.1) is 5.82 Å². The minimum absolute atomic E-state index is 0.0963. The molecule has 6 heteroatoms. The van der Waals surface area contributed by atoms with Crippen molar-refractivity contribution in [2.45, 2.75) is 6.54 Å². The number of hydrogen-bond donors (Lipinski definition) is 2. The predicted octanol–water partition coefficient (Wildman–Crippen LogP) is 3.12. The van der Waals surface area contributed by atoms with Crippen LogP contribution in [0.15, 0.2) is 59.3 Å². The van der Waals surface area contributed by atoms with Crippen LogP contribution in [0.3, 0.4) is 0 Å². The smallest absolute Gasteiger partial charge is 0.274 e. The fraction of sp³-hybridized carbons (Fsp3) is 0.0588. The summed E-state index contributed by atoms with van der Waals surface area (Å²) in [6, 6.07) is 10.7. The van der Waals surface area contributed by atoms with E-state index in [1.165, 1.54) is 24.6 Å². The van der Waals surface area contributed by atoms with Crippen molar-refractivity contribution in [2.24, 2.45) is 0 Å².